The highest BCUT2D eigenvalue weighted by molar-refractivity contribution is 6.21. The van der Waals surface area contributed by atoms with Crippen molar-refractivity contribution in [3.8, 4) is 11.1 Å². The minimum atomic E-state index is 0.120. The molecule has 6 rings (SSSR count). The van der Waals surface area contributed by atoms with Crippen molar-refractivity contribution >= 4 is 44.4 Å². The Morgan fingerprint density at radius 2 is 1.41 bits per heavy atom. The third kappa shape index (κ3) is 3.42. The average molecular weight is 440 g/mol. The van der Waals surface area contributed by atoms with Crippen LogP contribution in [0.25, 0.3) is 43.8 Å². The lowest BCUT2D eigenvalue weighted by atomic mass is 9.98. The van der Waals surface area contributed by atoms with Gasteiger partial charge in [-0.2, -0.15) is 0 Å². The van der Waals surface area contributed by atoms with E-state index in [9.17, 15) is 0 Å². The van der Waals surface area contributed by atoms with Gasteiger partial charge in [0.15, 0.2) is 5.84 Å². The van der Waals surface area contributed by atoms with Crippen LogP contribution >= 0.6 is 0 Å². The number of amidine groups is 2. The van der Waals surface area contributed by atoms with E-state index in [1.54, 1.807) is 0 Å². The van der Waals surface area contributed by atoms with Crippen LogP contribution in [0.1, 0.15) is 11.1 Å². The number of aliphatic imine (C=N–C) groups is 1. The molecule has 162 valence electrons. The highest BCUT2D eigenvalue weighted by atomic mass is 16.3. The van der Waals surface area contributed by atoms with Gasteiger partial charge in [0.05, 0.1) is 0 Å². The molecule has 0 aliphatic carbocycles. The molecule has 3 N–H and O–H groups in total. The van der Waals surface area contributed by atoms with E-state index in [1.165, 1.54) is 0 Å². The molecular formula is C30H21N3O. The number of furan rings is 1. The Morgan fingerprint density at radius 3 is 2.26 bits per heavy atom. The van der Waals surface area contributed by atoms with Crippen molar-refractivity contribution in [1.82, 2.24) is 0 Å². The first-order valence-electron chi connectivity index (χ1n) is 11.1. The van der Waals surface area contributed by atoms with Crippen molar-refractivity contribution in [2.24, 2.45) is 10.7 Å². The summed E-state index contributed by atoms with van der Waals surface area (Å²) in [6, 6.07) is 36.0. The van der Waals surface area contributed by atoms with E-state index >= 15 is 0 Å². The molecule has 0 saturated carbocycles. The first kappa shape index (κ1) is 19.9. The molecule has 0 unspecified atom stereocenters. The zero-order chi connectivity index (χ0) is 23.1. The van der Waals surface area contributed by atoms with E-state index in [2.05, 4.69) is 23.2 Å². The number of nitrogens with zero attached hydrogens (tertiary/aromatic N) is 1. The molecule has 1 heterocycles. The molecular weight excluding hydrogens is 418 g/mol. The number of rotatable bonds is 3. The molecule has 4 nitrogen and oxygen atoms in total. The summed E-state index contributed by atoms with van der Waals surface area (Å²) in [6.45, 7) is 0. The van der Waals surface area contributed by atoms with E-state index in [4.69, 9.17) is 15.6 Å². The van der Waals surface area contributed by atoms with Crippen molar-refractivity contribution in [1.29, 1.82) is 5.41 Å². The third-order valence-corrected chi connectivity index (χ3v) is 6.12. The van der Waals surface area contributed by atoms with Gasteiger partial charge in [-0.1, -0.05) is 84.9 Å². The molecule has 0 aliphatic heterocycles. The molecule has 0 fully saturated rings. The van der Waals surface area contributed by atoms with Crippen LogP contribution in [0.3, 0.4) is 0 Å². The summed E-state index contributed by atoms with van der Waals surface area (Å²) in [6.07, 6.45) is 0. The standard InChI is InChI=1S/C30H21N3O/c31-29(22-15-14-20-10-4-5-11-21(20)16-22)33-30(32)25-17-23(19-8-2-1-3-9-19)18-27-28(25)24-12-6-7-13-26(24)34-27/h1-18H,(H3,31,32,33). The fourth-order valence-corrected chi connectivity index (χ4v) is 4.44. The molecule has 6 aromatic rings. The van der Waals surface area contributed by atoms with Crippen LogP contribution in [0.2, 0.25) is 0 Å². The Labute approximate surface area is 196 Å². The maximum absolute atomic E-state index is 8.65. The van der Waals surface area contributed by atoms with Gasteiger partial charge in [-0.15, -0.1) is 0 Å². The molecule has 0 spiro atoms. The van der Waals surface area contributed by atoms with Gasteiger partial charge in [-0.25, -0.2) is 4.99 Å². The molecule has 0 radical (unpaired) electrons. The van der Waals surface area contributed by atoms with Gasteiger partial charge in [0.2, 0.25) is 0 Å². The lowest BCUT2D eigenvalue weighted by Crippen LogP contribution is -2.16. The van der Waals surface area contributed by atoms with E-state index in [0.717, 1.165) is 49.4 Å². The number of hydrogen-bond donors (Lipinski definition) is 2. The van der Waals surface area contributed by atoms with Gasteiger partial charge in [0.1, 0.15) is 17.0 Å². The number of nitrogens with one attached hydrogen (secondary N) is 1. The van der Waals surface area contributed by atoms with Gasteiger partial charge >= 0.3 is 0 Å². The second-order valence-corrected chi connectivity index (χ2v) is 8.27. The maximum Gasteiger partial charge on any atom is 0.154 e. The van der Waals surface area contributed by atoms with Crippen molar-refractivity contribution in [2.75, 3.05) is 0 Å². The lowest BCUT2D eigenvalue weighted by Gasteiger charge is -2.09. The van der Waals surface area contributed by atoms with E-state index < -0.39 is 0 Å². The fourth-order valence-electron chi connectivity index (χ4n) is 4.44. The second kappa shape index (κ2) is 8.01. The van der Waals surface area contributed by atoms with E-state index in [0.29, 0.717) is 5.56 Å². The van der Waals surface area contributed by atoms with Crippen LogP contribution in [-0.2, 0) is 0 Å². The second-order valence-electron chi connectivity index (χ2n) is 8.27. The van der Waals surface area contributed by atoms with Crippen LogP contribution < -0.4 is 5.73 Å². The highest BCUT2D eigenvalue weighted by Crippen LogP contribution is 2.35. The summed E-state index contributed by atoms with van der Waals surface area (Å²) in [5.41, 5.74) is 11.6. The van der Waals surface area contributed by atoms with Gasteiger partial charge in [-0.3, -0.25) is 5.41 Å². The molecule has 34 heavy (non-hydrogen) atoms. The van der Waals surface area contributed by atoms with Gasteiger partial charge in [-0.05, 0) is 46.2 Å². The molecule has 0 saturated heterocycles. The number of fused-ring (bicyclic) bond motifs is 4. The molecule has 4 heteroatoms. The van der Waals surface area contributed by atoms with Gasteiger partial charge in [0.25, 0.3) is 0 Å². The Balaban J connectivity index is 1.52. The van der Waals surface area contributed by atoms with E-state index in [1.807, 2.05) is 91.0 Å². The predicted molar refractivity (Wildman–Crippen MR) is 141 cm³/mol. The van der Waals surface area contributed by atoms with Gasteiger partial charge < -0.3 is 10.2 Å². The van der Waals surface area contributed by atoms with Crippen LogP contribution in [-0.4, -0.2) is 11.7 Å². The quantitative estimate of drug-likeness (QED) is 0.227. The smallest absolute Gasteiger partial charge is 0.154 e. The summed E-state index contributed by atoms with van der Waals surface area (Å²) in [7, 11) is 0. The SMILES string of the molecule is N=C(/N=C(\N)c1cc(-c2ccccc2)cc2oc3ccccc3c12)c1ccc2ccccc2c1. The molecule has 0 bridgehead atoms. The topological polar surface area (TPSA) is 75.4 Å². The van der Waals surface area contributed by atoms with Gasteiger partial charge in [0, 0.05) is 21.9 Å². The third-order valence-electron chi connectivity index (χ3n) is 6.12. The number of benzene rings is 5. The van der Waals surface area contributed by atoms with Crippen LogP contribution in [0.15, 0.2) is 119 Å². The average Bonchev–Trinajstić information content (AvgIpc) is 3.27. The molecule has 1 aromatic heterocycles. The molecule has 0 amide bonds. The lowest BCUT2D eigenvalue weighted by molar-refractivity contribution is 0.669. The normalized spacial score (nSPS) is 11.9. The number of para-hydroxylation sites is 1. The van der Waals surface area contributed by atoms with Crippen LogP contribution in [0, 0.1) is 5.41 Å². The van der Waals surface area contributed by atoms with E-state index in [-0.39, 0.29) is 11.7 Å². The fraction of sp³-hybridized carbons (Fsp3) is 0. The predicted octanol–water partition coefficient (Wildman–Crippen LogP) is 7.14. The zero-order valence-corrected chi connectivity index (χ0v) is 18.3. The minimum Gasteiger partial charge on any atom is -0.456 e. The molecule has 0 aliphatic rings. The van der Waals surface area contributed by atoms with Crippen LogP contribution in [0.4, 0.5) is 0 Å². The minimum absolute atomic E-state index is 0.120. The summed E-state index contributed by atoms with van der Waals surface area (Å²) >= 11 is 0. The first-order valence-corrected chi connectivity index (χ1v) is 11.1. The maximum atomic E-state index is 8.65. The van der Waals surface area contributed by atoms with Crippen molar-refractivity contribution in [3.05, 3.63) is 120 Å². The highest BCUT2D eigenvalue weighted by Gasteiger charge is 2.16. The Morgan fingerprint density at radius 1 is 0.676 bits per heavy atom. The zero-order valence-electron chi connectivity index (χ0n) is 18.3. The van der Waals surface area contributed by atoms with Crippen molar-refractivity contribution in [2.45, 2.75) is 0 Å². The van der Waals surface area contributed by atoms with Crippen molar-refractivity contribution in [3.63, 3.8) is 0 Å². The summed E-state index contributed by atoms with van der Waals surface area (Å²) in [4.78, 5) is 4.53. The van der Waals surface area contributed by atoms with Crippen molar-refractivity contribution < 1.29 is 4.42 Å². The summed E-state index contributed by atoms with van der Waals surface area (Å²) in [5, 5.41) is 12.7. The number of hydrogen-bond acceptors (Lipinski definition) is 2. The Hall–Kier alpha value is -4.70. The first-order chi connectivity index (χ1) is 16.7. The van der Waals surface area contributed by atoms with Crippen LogP contribution in [0.5, 0.6) is 0 Å². The summed E-state index contributed by atoms with van der Waals surface area (Å²) < 4.78 is 6.18. The Bertz CT molecular complexity index is 1730. The molecule has 5 aromatic carbocycles. The monoisotopic (exact) mass is 439 g/mol. The Kier molecular flexibility index (Phi) is 4.70. The molecule has 0 atom stereocenters. The number of nitrogens with two attached hydrogens (primary N) is 1. The largest absolute Gasteiger partial charge is 0.456 e. The summed E-state index contributed by atoms with van der Waals surface area (Å²) in [5.74, 6) is 0.404.